The van der Waals surface area contributed by atoms with Crippen molar-refractivity contribution in [2.75, 3.05) is 26.2 Å². The molecule has 170 valence electrons. The maximum atomic E-state index is 14.7. The number of Topliss-reactive ketones (excluding diaryl/α,β-unsaturated/α-hetero) is 1. The van der Waals surface area contributed by atoms with Crippen molar-refractivity contribution in [3.63, 3.8) is 0 Å². The van der Waals surface area contributed by atoms with Crippen LogP contribution in [0.15, 0.2) is 29.1 Å². The van der Waals surface area contributed by atoms with E-state index < -0.39 is 23.3 Å². The normalized spacial score (nSPS) is 20.0. The number of aromatic nitrogens is 1. The molecule has 1 aliphatic carbocycles. The first kappa shape index (κ1) is 22.6. The lowest BCUT2D eigenvalue weighted by Crippen LogP contribution is -2.47. The van der Waals surface area contributed by atoms with Gasteiger partial charge >= 0.3 is 0 Å². The van der Waals surface area contributed by atoms with Gasteiger partial charge in [0.05, 0.1) is 18.8 Å². The van der Waals surface area contributed by atoms with E-state index >= 15 is 0 Å². The molecule has 1 fully saturated rings. The molecule has 1 aromatic carbocycles. The standard InChI is InChI=1S/C23H25ClFN3O4/c1-13-12-28(8-9-32-13)19(21-16(24)4-2-5-17(21)25)11-26-22(30)15-10-14-18(27-23(15)31)6-3-7-20(14)29/h2,4-5,10,13,19H,3,6-9,11-12H2,1H3,(H,26,30)(H,27,31). The molecule has 2 atom stereocenters. The number of hydrogen-bond donors (Lipinski definition) is 2. The monoisotopic (exact) mass is 461 g/mol. The van der Waals surface area contributed by atoms with Crippen LogP contribution in [0.25, 0.3) is 0 Å². The molecule has 2 aromatic rings. The molecule has 2 heterocycles. The van der Waals surface area contributed by atoms with E-state index in [0.717, 1.165) is 0 Å². The molecule has 0 spiro atoms. The van der Waals surface area contributed by atoms with Gasteiger partial charge in [0.1, 0.15) is 11.4 Å². The number of fused-ring (bicyclic) bond motifs is 1. The fourth-order valence-corrected chi connectivity index (χ4v) is 4.69. The van der Waals surface area contributed by atoms with E-state index in [-0.39, 0.29) is 34.6 Å². The van der Waals surface area contributed by atoms with Gasteiger partial charge in [-0.25, -0.2) is 4.39 Å². The molecule has 9 heteroatoms. The molecule has 7 nitrogen and oxygen atoms in total. The molecule has 0 radical (unpaired) electrons. The Morgan fingerprint density at radius 3 is 2.94 bits per heavy atom. The number of benzene rings is 1. The summed E-state index contributed by atoms with van der Waals surface area (Å²) in [4.78, 5) is 42.3. The Labute approximate surface area is 189 Å². The predicted octanol–water partition coefficient (Wildman–Crippen LogP) is 2.88. The Morgan fingerprint density at radius 2 is 2.19 bits per heavy atom. The number of aryl methyl sites for hydroxylation is 1. The van der Waals surface area contributed by atoms with E-state index in [4.69, 9.17) is 16.3 Å². The minimum Gasteiger partial charge on any atom is -0.376 e. The van der Waals surface area contributed by atoms with Crippen LogP contribution in [0.5, 0.6) is 0 Å². The van der Waals surface area contributed by atoms with E-state index in [9.17, 15) is 18.8 Å². The van der Waals surface area contributed by atoms with Crippen LogP contribution >= 0.6 is 11.6 Å². The van der Waals surface area contributed by atoms with Crippen LogP contribution in [0.4, 0.5) is 4.39 Å². The summed E-state index contributed by atoms with van der Waals surface area (Å²) in [6.45, 7) is 3.53. The average molecular weight is 462 g/mol. The van der Waals surface area contributed by atoms with Gasteiger partial charge in [-0.05, 0) is 38.0 Å². The Balaban J connectivity index is 1.60. The third-order valence-corrected chi connectivity index (χ3v) is 6.33. The number of hydrogen-bond acceptors (Lipinski definition) is 5. The van der Waals surface area contributed by atoms with Crippen LogP contribution in [-0.4, -0.2) is 53.9 Å². The van der Waals surface area contributed by atoms with Crippen molar-refractivity contribution < 1.29 is 18.7 Å². The zero-order valence-electron chi connectivity index (χ0n) is 17.7. The quantitative estimate of drug-likeness (QED) is 0.714. The van der Waals surface area contributed by atoms with Gasteiger partial charge in [-0.1, -0.05) is 17.7 Å². The zero-order valence-corrected chi connectivity index (χ0v) is 18.5. The number of aromatic amines is 1. The van der Waals surface area contributed by atoms with E-state index in [1.54, 1.807) is 6.07 Å². The summed E-state index contributed by atoms with van der Waals surface area (Å²) >= 11 is 6.33. The van der Waals surface area contributed by atoms with Crippen LogP contribution in [0.1, 0.15) is 57.8 Å². The molecular weight excluding hydrogens is 437 g/mol. The number of amides is 1. The summed E-state index contributed by atoms with van der Waals surface area (Å²) in [6, 6.07) is 5.30. The molecule has 2 N–H and O–H groups in total. The predicted molar refractivity (Wildman–Crippen MR) is 118 cm³/mol. The summed E-state index contributed by atoms with van der Waals surface area (Å²) in [6.07, 6.45) is 1.61. The van der Waals surface area contributed by atoms with Gasteiger partial charge in [0, 0.05) is 47.9 Å². The number of nitrogens with zero attached hydrogens (tertiary/aromatic N) is 1. The molecule has 4 rings (SSSR count). The van der Waals surface area contributed by atoms with Crippen LogP contribution in [0.2, 0.25) is 5.02 Å². The second-order valence-electron chi connectivity index (χ2n) is 8.22. The second kappa shape index (κ2) is 9.52. The first-order valence-corrected chi connectivity index (χ1v) is 11.1. The van der Waals surface area contributed by atoms with Crippen molar-refractivity contribution in [3.8, 4) is 0 Å². The SMILES string of the molecule is CC1CN(C(CNC(=O)c2cc3c([nH]c2=O)CCCC3=O)c2c(F)cccc2Cl)CCO1. The lowest BCUT2D eigenvalue weighted by atomic mass is 9.93. The fourth-order valence-electron chi connectivity index (χ4n) is 4.40. The van der Waals surface area contributed by atoms with Crippen molar-refractivity contribution in [2.45, 2.75) is 38.3 Å². The first-order valence-electron chi connectivity index (χ1n) is 10.7. The van der Waals surface area contributed by atoms with Crippen LogP contribution < -0.4 is 10.9 Å². The number of carbonyl (C=O) groups excluding carboxylic acids is 2. The highest BCUT2D eigenvalue weighted by Gasteiger charge is 2.30. The molecule has 32 heavy (non-hydrogen) atoms. The van der Waals surface area contributed by atoms with E-state index in [0.29, 0.717) is 50.2 Å². The van der Waals surface area contributed by atoms with Gasteiger partial charge < -0.3 is 15.0 Å². The number of rotatable bonds is 5. The number of pyridine rings is 1. The minimum absolute atomic E-state index is 0.0384. The smallest absolute Gasteiger partial charge is 0.261 e. The van der Waals surface area contributed by atoms with E-state index in [1.807, 2.05) is 11.8 Å². The lowest BCUT2D eigenvalue weighted by Gasteiger charge is -2.38. The molecule has 2 unspecified atom stereocenters. The molecule has 1 aliphatic heterocycles. The molecule has 1 amide bonds. The van der Waals surface area contributed by atoms with Gasteiger partial charge in [0.25, 0.3) is 11.5 Å². The molecule has 2 aliphatic rings. The highest BCUT2D eigenvalue weighted by atomic mass is 35.5. The zero-order chi connectivity index (χ0) is 22.8. The van der Waals surface area contributed by atoms with Crippen molar-refractivity contribution >= 4 is 23.3 Å². The van der Waals surface area contributed by atoms with Crippen LogP contribution in [0, 0.1) is 5.82 Å². The Hall–Kier alpha value is -2.55. The number of carbonyl (C=O) groups is 2. The van der Waals surface area contributed by atoms with Crippen molar-refractivity contribution in [3.05, 3.63) is 67.8 Å². The van der Waals surface area contributed by atoms with Gasteiger partial charge in [-0.3, -0.25) is 19.3 Å². The van der Waals surface area contributed by atoms with Crippen LogP contribution in [-0.2, 0) is 11.2 Å². The Kier molecular flexibility index (Phi) is 6.74. The number of ketones is 1. The minimum atomic E-state index is -0.619. The van der Waals surface area contributed by atoms with Gasteiger partial charge in [0.2, 0.25) is 0 Å². The maximum Gasteiger partial charge on any atom is 0.261 e. The number of halogens is 2. The summed E-state index contributed by atoms with van der Waals surface area (Å²) in [5, 5.41) is 3.01. The average Bonchev–Trinajstić information content (AvgIpc) is 2.75. The first-order chi connectivity index (χ1) is 15.3. The summed E-state index contributed by atoms with van der Waals surface area (Å²) in [5.74, 6) is -1.17. The lowest BCUT2D eigenvalue weighted by molar-refractivity contribution is -0.0346. The van der Waals surface area contributed by atoms with Crippen molar-refractivity contribution in [1.29, 1.82) is 0 Å². The maximum absolute atomic E-state index is 14.7. The van der Waals surface area contributed by atoms with Crippen molar-refractivity contribution in [2.24, 2.45) is 0 Å². The molecular formula is C23H25ClFN3O4. The molecule has 1 saturated heterocycles. The number of morpholine rings is 1. The van der Waals surface area contributed by atoms with E-state index in [2.05, 4.69) is 10.3 Å². The highest BCUT2D eigenvalue weighted by Crippen LogP contribution is 2.31. The van der Waals surface area contributed by atoms with Crippen molar-refractivity contribution in [1.82, 2.24) is 15.2 Å². The topological polar surface area (TPSA) is 91.5 Å². The van der Waals surface area contributed by atoms with Crippen LogP contribution in [0.3, 0.4) is 0 Å². The highest BCUT2D eigenvalue weighted by molar-refractivity contribution is 6.31. The van der Waals surface area contributed by atoms with Gasteiger partial charge in [-0.15, -0.1) is 0 Å². The second-order valence-corrected chi connectivity index (χ2v) is 8.63. The third kappa shape index (κ3) is 4.62. The third-order valence-electron chi connectivity index (χ3n) is 6.00. The molecule has 1 aromatic heterocycles. The molecule has 0 bridgehead atoms. The Bertz CT molecular complexity index is 1080. The number of nitrogens with one attached hydrogen (secondary N) is 2. The van der Waals surface area contributed by atoms with E-state index in [1.165, 1.54) is 18.2 Å². The summed E-state index contributed by atoms with van der Waals surface area (Å²) in [5.41, 5.74) is 0.570. The fraction of sp³-hybridized carbons (Fsp3) is 0.435. The molecule has 0 saturated carbocycles. The largest absolute Gasteiger partial charge is 0.376 e. The number of ether oxygens (including phenoxy) is 1. The summed E-state index contributed by atoms with van der Waals surface area (Å²) < 4.78 is 20.3. The van der Waals surface area contributed by atoms with Gasteiger partial charge in [-0.2, -0.15) is 0 Å². The number of H-pyrrole nitrogens is 1. The Morgan fingerprint density at radius 1 is 1.38 bits per heavy atom. The van der Waals surface area contributed by atoms with Gasteiger partial charge in [0.15, 0.2) is 5.78 Å². The summed E-state index contributed by atoms with van der Waals surface area (Å²) in [7, 11) is 0.